The molecule has 2 N–H and O–H groups in total. The average molecular weight is 482 g/mol. The number of nitrogens with one attached hydrogen (secondary N) is 2. The molecule has 0 radical (unpaired) electrons. The first-order chi connectivity index (χ1) is 16.3. The molecule has 0 fully saturated rings. The summed E-state index contributed by atoms with van der Waals surface area (Å²) in [6, 6.07) is 18.2. The Kier molecular flexibility index (Phi) is 6.33. The van der Waals surface area contributed by atoms with Crippen LogP contribution in [0.1, 0.15) is 16.1 Å². The van der Waals surface area contributed by atoms with E-state index in [2.05, 4.69) is 15.2 Å². The summed E-state index contributed by atoms with van der Waals surface area (Å²) in [6.45, 7) is 1.64. The van der Waals surface area contributed by atoms with Crippen molar-refractivity contribution in [3.05, 3.63) is 89.9 Å². The number of para-hydroxylation sites is 2. The number of nitrogens with zero attached hydrogens (tertiary/aromatic N) is 1. The van der Waals surface area contributed by atoms with Gasteiger partial charge in [0.15, 0.2) is 0 Å². The van der Waals surface area contributed by atoms with Crippen molar-refractivity contribution >= 4 is 27.3 Å². The fourth-order valence-electron chi connectivity index (χ4n) is 3.25. The Balaban J connectivity index is 1.56. The lowest BCUT2D eigenvalue weighted by Gasteiger charge is -2.14. The van der Waals surface area contributed by atoms with Crippen molar-refractivity contribution in [2.24, 2.45) is 0 Å². The van der Waals surface area contributed by atoms with E-state index in [1.165, 1.54) is 37.4 Å². The van der Waals surface area contributed by atoms with Gasteiger partial charge in [0.1, 0.15) is 17.3 Å². The monoisotopic (exact) mass is 481 g/mol. The lowest BCUT2D eigenvalue weighted by Crippen LogP contribution is -2.16. The lowest BCUT2D eigenvalue weighted by atomic mass is 10.1. The highest BCUT2D eigenvalue weighted by Crippen LogP contribution is 2.28. The van der Waals surface area contributed by atoms with Crippen LogP contribution in [0, 0.1) is 12.7 Å². The van der Waals surface area contributed by atoms with Crippen molar-refractivity contribution < 1.29 is 26.9 Å². The normalized spacial score (nSPS) is 11.1. The van der Waals surface area contributed by atoms with Gasteiger partial charge < -0.3 is 14.6 Å². The summed E-state index contributed by atoms with van der Waals surface area (Å²) < 4.78 is 52.3. The van der Waals surface area contributed by atoms with E-state index >= 15 is 0 Å². The molecule has 0 unspecified atom stereocenters. The number of hydrogen-bond donors (Lipinski definition) is 2. The quantitative estimate of drug-likeness (QED) is 0.390. The van der Waals surface area contributed by atoms with Gasteiger partial charge >= 0.3 is 0 Å². The number of benzene rings is 3. The first-order valence-corrected chi connectivity index (χ1v) is 11.6. The van der Waals surface area contributed by atoms with Crippen LogP contribution in [-0.4, -0.2) is 26.6 Å². The molecule has 0 aliphatic rings. The van der Waals surface area contributed by atoms with Crippen LogP contribution >= 0.6 is 0 Å². The summed E-state index contributed by atoms with van der Waals surface area (Å²) in [6.07, 6.45) is 0. The number of ether oxygens (including phenoxy) is 1. The van der Waals surface area contributed by atoms with Gasteiger partial charge in [-0.3, -0.25) is 9.52 Å². The van der Waals surface area contributed by atoms with E-state index in [0.29, 0.717) is 16.9 Å². The summed E-state index contributed by atoms with van der Waals surface area (Å²) in [5.41, 5.74) is 1.74. The number of aromatic nitrogens is 1. The summed E-state index contributed by atoms with van der Waals surface area (Å²) in [7, 11) is -2.55. The molecule has 1 heterocycles. The maximum atomic E-state index is 13.5. The molecule has 4 rings (SSSR count). The second kappa shape index (κ2) is 9.36. The van der Waals surface area contributed by atoms with E-state index in [9.17, 15) is 17.6 Å². The molecular weight excluding hydrogens is 461 g/mol. The van der Waals surface area contributed by atoms with Crippen molar-refractivity contribution in [2.45, 2.75) is 11.8 Å². The highest BCUT2D eigenvalue weighted by molar-refractivity contribution is 7.92. The minimum absolute atomic E-state index is 0.0192. The molecule has 0 saturated carbocycles. The SMILES string of the molecule is COc1ccccc1NS(=O)(=O)c1cc(NC(=O)c2cc(-c3cccc(F)c3)no2)ccc1C. The maximum Gasteiger partial charge on any atom is 0.294 e. The number of amides is 1. The van der Waals surface area contributed by atoms with Gasteiger partial charge in [0.25, 0.3) is 15.9 Å². The Labute approximate surface area is 195 Å². The summed E-state index contributed by atoms with van der Waals surface area (Å²) >= 11 is 0. The van der Waals surface area contributed by atoms with E-state index in [1.54, 1.807) is 49.4 Å². The Morgan fingerprint density at radius 3 is 2.59 bits per heavy atom. The molecule has 1 aromatic heterocycles. The number of hydrogen-bond acceptors (Lipinski definition) is 6. The Morgan fingerprint density at radius 2 is 1.82 bits per heavy atom. The van der Waals surface area contributed by atoms with Gasteiger partial charge in [0.05, 0.1) is 17.7 Å². The van der Waals surface area contributed by atoms with E-state index in [0.717, 1.165) is 0 Å². The standard InChI is InChI=1S/C24H20FN3O5S/c1-15-10-11-18(13-23(15)34(30,31)28-19-8-3-4-9-21(19)32-2)26-24(29)22-14-20(27-33-22)16-6-5-7-17(25)12-16/h3-14,28H,1-2H3,(H,26,29). The molecule has 4 aromatic rings. The molecule has 10 heteroatoms. The molecular formula is C24H20FN3O5S. The molecule has 34 heavy (non-hydrogen) atoms. The van der Waals surface area contributed by atoms with E-state index in [-0.39, 0.29) is 27.7 Å². The predicted molar refractivity (Wildman–Crippen MR) is 125 cm³/mol. The zero-order valence-electron chi connectivity index (χ0n) is 18.2. The number of methoxy groups -OCH3 is 1. The van der Waals surface area contributed by atoms with Gasteiger partial charge in [-0.15, -0.1) is 0 Å². The Morgan fingerprint density at radius 1 is 1.03 bits per heavy atom. The zero-order valence-corrected chi connectivity index (χ0v) is 19.0. The smallest absolute Gasteiger partial charge is 0.294 e. The van der Waals surface area contributed by atoms with Crippen LogP contribution in [0.25, 0.3) is 11.3 Å². The van der Waals surface area contributed by atoms with E-state index in [4.69, 9.17) is 9.26 Å². The summed E-state index contributed by atoms with van der Waals surface area (Å²) in [4.78, 5) is 12.6. The second-order valence-electron chi connectivity index (χ2n) is 7.33. The molecule has 0 spiro atoms. The van der Waals surface area contributed by atoms with Crippen LogP contribution in [0.2, 0.25) is 0 Å². The second-order valence-corrected chi connectivity index (χ2v) is 8.98. The number of carbonyl (C=O) groups excluding carboxylic acids is 1. The minimum atomic E-state index is -3.99. The molecule has 0 saturated heterocycles. The number of halogens is 1. The van der Waals surface area contributed by atoms with Crippen LogP contribution in [0.15, 0.2) is 82.2 Å². The third-order valence-corrected chi connectivity index (χ3v) is 6.45. The molecule has 3 aromatic carbocycles. The van der Waals surface area contributed by atoms with E-state index < -0.39 is 21.7 Å². The third-order valence-electron chi connectivity index (χ3n) is 4.94. The van der Waals surface area contributed by atoms with Gasteiger partial charge in [-0.2, -0.15) is 0 Å². The lowest BCUT2D eigenvalue weighted by molar-refractivity contribution is 0.0988. The Hall–Kier alpha value is -4.18. The number of rotatable bonds is 7. The molecule has 0 aliphatic carbocycles. The molecule has 174 valence electrons. The fraction of sp³-hybridized carbons (Fsp3) is 0.0833. The van der Waals surface area contributed by atoms with Crippen molar-refractivity contribution in [1.29, 1.82) is 0 Å². The minimum Gasteiger partial charge on any atom is -0.495 e. The first-order valence-electron chi connectivity index (χ1n) is 10.1. The molecule has 0 aliphatic heterocycles. The molecule has 8 nitrogen and oxygen atoms in total. The summed E-state index contributed by atoms with van der Waals surface area (Å²) in [5.74, 6) is -0.828. The third kappa shape index (κ3) is 4.91. The van der Waals surface area contributed by atoms with Gasteiger partial charge in [-0.25, -0.2) is 12.8 Å². The molecule has 0 bridgehead atoms. The van der Waals surface area contributed by atoms with Crippen LogP contribution in [-0.2, 0) is 10.0 Å². The molecule has 0 atom stereocenters. The largest absolute Gasteiger partial charge is 0.495 e. The highest BCUT2D eigenvalue weighted by atomic mass is 32.2. The van der Waals surface area contributed by atoms with Gasteiger partial charge in [0, 0.05) is 17.3 Å². The zero-order chi connectivity index (χ0) is 24.3. The highest BCUT2D eigenvalue weighted by Gasteiger charge is 2.21. The van der Waals surface area contributed by atoms with Crippen LogP contribution < -0.4 is 14.8 Å². The number of carbonyl (C=O) groups is 1. The van der Waals surface area contributed by atoms with Gasteiger partial charge in [-0.05, 0) is 48.9 Å². The van der Waals surface area contributed by atoms with E-state index in [1.807, 2.05) is 0 Å². The number of aryl methyl sites for hydroxylation is 1. The fourth-order valence-corrected chi connectivity index (χ4v) is 4.60. The first kappa shape index (κ1) is 23.0. The van der Waals surface area contributed by atoms with Crippen LogP contribution in [0.5, 0.6) is 5.75 Å². The molecule has 1 amide bonds. The van der Waals surface area contributed by atoms with Crippen LogP contribution in [0.4, 0.5) is 15.8 Å². The predicted octanol–water partition coefficient (Wildman–Crippen LogP) is 4.85. The van der Waals surface area contributed by atoms with Crippen molar-refractivity contribution in [3.8, 4) is 17.0 Å². The van der Waals surface area contributed by atoms with Gasteiger partial charge in [0.2, 0.25) is 5.76 Å². The topological polar surface area (TPSA) is 111 Å². The van der Waals surface area contributed by atoms with Crippen molar-refractivity contribution in [1.82, 2.24) is 5.16 Å². The number of sulfonamides is 1. The Bertz CT molecular complexity index is 1470. The summed E-state index contributed by atoms with van der Waals surface area (Å²) in [5, 5.41) is 6.40. The number of anilines is 2. The average Bonchev–Trinajstić information content (AvgIpc) is 3.31. The van der Waals surface area contributed by atoms with Crippen LogP contribution in [0.3, 0.4) is 0 Å². The van der Waals surface area contributed by atoms with Crippen molar-refractivity contribution in [3.63, 3.8) is 0 Å². The van der Waals surface area contributed by atoms with Gasteiger partial charge in [-0.1, -0.05) is 35.5 Å². The van der Waals surface area contributed by atoms with Crippen molar-refractivity contribution in [2.75, 3.05) is 17.1 Å². The maximum absolute atomic E-state index is 13.5.